The van der Waals surface area contributed by atoms with Crippen LogP contribution in [-0.2, 0) is 28.4 Å². The fourth-order valence-corrected chi connectivity index (χ4v) is 6.07. The predicted octanol–water partition coefficient (Wildman–Crippen LogP) is 5.54. The van der Waals surface area contributed by atoms with Crippen molar-refractivity contribution in [3.63, 3.8) is 0 Å². The fraction of sp³-hybridized carbons (Fsp3) is 0.462. The molecule has 0 amide bonds. The summed E-state index contributed by atoms with van der Waals surface area (Å²) in [6, 6.07) is 18.5. The molecule has 4 unspecified atom stereocenters. The van der Waals surface area contributed by atoms with E-state index in [1.165, 1.54) is 48.5 Å². The van der Waals surface area contributed by atoms with Gasteiger partial charge in [0.05, 0.1) is 56.3 Å². The van der Waals surface area contributed by atoms with E-state index in [9.17, 15) is 19.5 Å². The molecule has 0 saturated carbocycles. The van der Waals surface area contributed by atoms with Gasteiger partial charge < -0.3 is 43.0 Å². The first kappa shape index (κ1) is 36.3. The normalized spacial score (nSPS) is 21.7. The second-order valence-electron chi connectivity index (χ2n) is 13.1. The van der Waals surface area contributed by atoms with E-state index < -0.39 is 42.3 Å². The Bertz CT molecular complexity index is 1600. The fourth-order valence-electron chi connectivity index (χ4n) is 6.07. The van der Waals surface area contributed by atoms with Crippen molar-refractivity contribution in [1.29, 1.82) is 0 Å². The summed E-state index contributed by atoms with van der Waals surface area (Å²) in [6.45, 7) is 6.13. The topological polar surface area (TPSA) is 145 Å². The molecule has 0 spiro atoms. The minimum atomic E-state index is -0.694. The van der Waals surface area contributed by atoms with Crippen molar-refractivity contribution in [2.45, 2.75) is 63.4 Å². The molecule has 3 aromatic carbocycles. The summed E-state index contributed by atoms with van der Waals surface area (Å²) in [5.41, 5.74) is 1.14. The number of benzene rings is 3. The number of rotatable bonds is 17. The van der Waals surface area contributed by atoms with Crippen LogP contribution in [0.15, 0.2) is 72.8 Å². The molecular formula is C39H44O12. The molecule has 3 aliphatic heterocycles. The summed E-state index contributed by atoms with van der Waals surface area (Å²) in [5, 5.41) is 9.44. The Balaban J connectivity index is 0.870. The average Bonchev–Trinajstić information content (AvgIpc) is 3.72. The van der Waals surface area contributed by atoms with Gasteiger partial charge in [0, 0.05) is 12.0 Å². The zero-order valence-electron chi connectivity index (χ0n) is 28.7. The van der Waals surface area contributed by atoms with Gasteiger partial charge >= 0.3 is 17.9 Å². The van der Waals surface area contributed by atoms with Crippen molar-refractivity contribution in [1.82, 2.24) is 0 Å². The summed E-state index contributed by atoms with van der Waals surface area (Å²) in [5.74, 6) is -0.723. The van der Waals surface area contributed by atoms with Gasteiger partial charge in [-0.3, -0.25) is 0 Å². The van der Waals surface area contributed by atoms with E-state index in [0.717, 1.165) is 58.5 Å². The molecule has 272 valence electrons. The van der Waals surface area contributed by atoms with Crippen LogP contribution >= 0.6 is 0 Å². The lowest BCUT2D eigenvalue weighted by Gasteiger charge is -2.40. The van der Waals surface area contributed by atoms with Gasteiger partial charge in [-0.2, -0.15) is 0 Å². The van der Waals surface area contributed by atoms with Gasteiger partial charge in [-0.05, 0) is 98.5 Å². The van der Waals surface area contributed by atoms with Gasteiger partial charge in [0.2, 0.25) is 0 Å². The van der Waals surface area contributed by atoms with Gasteiger partial charge in [-0.15, -0.1) is 0 Å². The van der Waals surface area contributed by atoms with E-state index in [1.54, 1.807) is 24.3 Å². The zero-order chi connectivity index (χ0) is 35.6. The number of hydrogen-bond donors (Lipinski definition) is 1. The Morgan fingerprint density at radius 1 is 0.686 bits per heavy atom. The highest BCUT2D eigenvalue weighted by molar-refractivity contribution is 5.92. The van der Waals surface area contributed by atoms with Crippen LogP contribution in [0.1, 0.15) is 70.1 Å². The van der Waals surface area contributed by atoms with E-state index in [0.29, 0.717) is 17.9 Å². The quantitative estimate of drug-likeness (QED) is 0.107. The number of hydrogen-bond acceptors (Lipinski definition) is 12. The van der Waals surface area contributed by atoms with Crippen molar-refractivity contribution in [2.75, 3.05) is 46.2 Å². The summed E-state index contributed by atoms with van der Waals surface area (Å²) in [4.78, 5) is 38.1. The zero-order valence-corrected chi connectivity index (χ0v) is 28.7. The Morgan fingerprint density at radius 2 is 1.20 bits per heavy atom. The number of ether oxygens (including phenoxy) is 8. The molecule has 0 bridgehead atoms. The van der Waals surface area contributed by atoms with Crippen molar-refractivity contribution in [2.24, 2.45) is 5.41 Å². The summed E-state index contributed by atoms with van der Waals surface area (Å²) < 4.78 is 45.3. The summed E-state index contributed by atoms with van der Waals surface area (Å²) in [6.07, 6.45) is 2.66. The SMILES string of the molecule is CCC1(COCCCCCCOc2ccc(C(=O)Oc3ccc(C(=O)OC4COC5C(OC(=O)c6ccc(O)cc6)COC45)cc3)cc2)COC1. The predicted molar refractivity (Wildman–Crippen MR) is 182 cm³/mol. The molecule has 0 aromatic heterocycles. The first-order valence-corrected chi connectivity index (χ1v) is 17.5. The van der Waals surface area contributed by atoms with Gasteiger partial charge in [0.25, 0.3) is 0 Å². The minimum Gasteiger partial charge on any atom is -0.508 e. The molecule has 12 nitrogen and oxygen atoms in total. The third kappa shape index (κ3) is 9.44. The monoisotopic (exact) mass is 704 g/mol. The number of phenols is 1. The Morgan fingerprint density at radius 3 is 1.73 bits per heavy atom. The van der Waals surface area contributed by atoms with Gasteiger partial charge in [-0.1, -0.05) is 13.3 Å². The van der Waals surface area contributed by atoms with Crippen LogP contribution in [0.3, 0.4) is 0 Å². The molecule has 3 fully saturated rings. The lowest BCUT2D eigenvalue weighted by molar-refractivity contribution is -0.150. The maximum absolute atomic E-state index is 12.9. The number of fused-ring (bicyclic) bond motifs is 1. The third-order valence-electron chi connectivity index (χ3n) is 9.40. The van der Waals surface area contributed by atoms with E-state index in [-0.39, 0.29) is 41.3 Å². The second-order valence-corrected chi connectivity index (χ2v) is 13.1. The molecule has 4 atom stereocenters. The molecule has 0 aliphatic carbocycles. The van der Waals surface area contributed by atoms with Crippen molar-refractivity contribution in [3.8, 4) is 17.2 Å². The number of aromatic hydroxyl groups is 1. The first-order valence-electron chi connectivity index (χ1n) is 17.5. The molecule has 51 heavy (non-hydrogen) atoms. The molecule has 12 heteroatoms. The Labute approximate surface area is 296 Å². The smallest absolute Gasteiger partial charge is 0.343 e. The third-order valence-corrected chi connectivity index (χ3v) is 9.40. The van der Waals surface area contributed by atoms with E-state index in [4.69, 9.17) is 37.9 Å². The number of unbranched alkanes of at least 4 members (excludes halogenated alkanes) is 3. The first-order chi connectivity index (χ1) is 24.8. The lowest BCUT2D eigenvalue weighted by atomic mass is 9.84. The van der Waals surface area contributed by atoms with Crippen LogP contribution in [0, 0.1) is 5.41 Å². The highest BCUT2D eigenvalue weighted by Gasteiger charge is 2.51. The minimum absolute atomic E-state index is 0.0397. The number of carbonyl (C=O) groups excluding carboxylic acids is 3. The Hall–Kier alpha value is -4.49. The molecule has 3 saturated heterocycles. The molecule has 6 rings (SSSR count). The van der Waals surface area contributed by atoms with Crippen LogP contribution in [-0.4, -0.2) is 93.7 Å². The maximum atomic E-state index is 12.9. The van der Waals surface area contributed by atoms with Crippen LogP contribution in [0.5, 0.6) is 17.2 Å². The van der Waals surface area contributed by atoms with Crippen molar-refractivity contribution < 1.29 is 57.4 Å². The van der Waals surface area contributed by atoms with E-state index in [2.05, 4.69) is 6.92 Å². The summed E-state index contributed by atoms with van der Waals surface area (Å²) in [7, 11) is 0. The largest absolute Gasteiger partial charge is 0.508 e. The Kier molecular flexibility index (Phi) is 12.2. The summed E-state index contributed by atoms with van der Waals surface area (Å²) >= 11 is 0. The van der Waals surface area contributed by atoms with E-state index in [1.807, 2.05) is 0 Å². The highest BCUT2D eigenvalue weighted by Crippen LogP contribution is 2.33. The molecule has 3 aromatic rings. The molecule has 0 radical (unpaired) electrons. The number of carbonyl (C=O) groups is 3. The van der Waals surface area contributed by atoms with E-state index >= 15 is 0 Å². The highest BCUT2D eigenvalue weighted by atomic mass is 16.7. The molecule has 3 aliphatic rings. The van der Waals surface area contributed by atoms with Crippen LogP contribution in [0.2, 0.25) is 0 Å². The van der Waals surface area contributed by atoms with Gasteiger partial charge in [0.1, 0.15) is 29.5 Å². The maximum Gasteiger partial charge on any atom is 0.343 e. The average molecular weight is 705 g/mol. The second kappa shape index (κ2) is 17.1. The van der Waals surface area contributed by atoms with Crippen molar-refractivity contribution >= 4 is 17.9 Å². The van der Waals surface area contributed by atoms with Gasteiger partial charge in [0.15, 0.2) is 12.2 Å². The van der Waals surface area contributed by atoms with Crippen molar-refractivity contribution in [3.05, 3.63) is 89.5 Å². The standard InChI is InChI=1S/C39H44O12/c1-2-39(24-45-25-39)23-44-19-5-3-4-6-20-46-30-15-9-27(10-16-30)36(41)49-31-17-11-28(12-18-31)38(43)51-33-22-48-34-32(21-47-35(33)34)50-37(42)26-7-13-29(40)14-8-26/h7-18,32-35,40H,2-6,19-25H2,1H3. The number of phenolic OH excluding ortho intramolecular Hbond substituents is 1. The van der Waals surface area contributed by atoms with Crippen LogP contribution in [0.25, 0.3) is 0 Å². The number of esters is 3. The molecular weight excluding hydrogens is 660 g/mol. The lowest BCUT2D eigenvalue weighted by Crippen LogP contribution is -2.45. The van der Waals surface area contributed by atoms with Crippen LogP contribution < -0.4 is 9.47 Å². The van der Waals surface area contributed by atoms with Gasteiger partial charge in [-0.25, -0.2) is 14.4 Å². The van der Waals surface area contributed by atoms with Crippen LogP contribution in [0.4, 0.5) is 0 Å². The molecule has 3 heterocycles. The molecule has 1 N–H and O–H groups in total.